The summed E-state index contributed by atoms with van der Waals surface area (Å²) < 4.78 is 5.16. The Balaban J connectivity index is 1.84. The van der Waals surface area contributed by atoms with Crippen LogP contribution in [0.25, 0.3) is 10.9 Å². The zero-order chi connectivity index (χ0) is 14.7. The summed E-state index contributed by atoms with van der Waals surface area (Å²) in [6.45, 7) is 0.704. The third kappa shape index (κ3) is 3.09. The fourth-order valence-electron chi connectivity index (χ4n) is 2.23. The number of anilines is 1. The summed E-state index contributed by atoms with van der Waals surface area (Å²) in [5, 5.41) is 5.13. The minimum atomic E-state index is 0.702. The summed E-state index contributed by atoms with van der Waals surface area (Å²) in [6.07, 6.45) is 1.79. The number of fused-ring (bicyclic) bond motifs is 1. The van der Waals surface area contributed by atoms with Crippen molar-refractivity contribution in [3.05, 3.63) is 65.3 Å². The smallest absolute Gasteiger partial charge is 0.118 e. The van der Waals surface area contributed by atoms with Gasteiger partial charge in [0.05, 0.1) is 18.3 Å². The number of methoxy groups -OCH3 is 1. The van der Waals surface area contributed by atoms with Crippen molar-refractivity contribution in [3.63, 3.8) is 0 Å². The van der Waals surface area contributed by atoms with Gasteiger partial charge in [0.2, 0.25) is 0 Å². The normalized spacial score (nSPS) is 10.6. The maximum atomic E-state index is 6.16. The van der Waals surface area contributed by atoms with Crippen LogP contribution >= 0.6 is 11.6 Å². The van der Waals surface area contributed by atoms with Gasteiger partial charge >= 0.3 is 0 Å². The number of halogens is 1. The standard InChI is InChI=1S/C17H15ClN2O/c1-21-15-6-4-12(5-7-15)11-20-16-10-14(18)9-13-3-2-8-19-17(13)16/h2-10,20H,11H2,1H3. The van der Waals surface area contributed by atoms with E-state index in [-0.39, 0.29) is 0 Å². The summed E-state index contributed by atoms with van der Waals surface area (Å²) >= 11 is 6.16. The molecule has 2 aromatic carbocycles. The molecule has 21 heavy (non-hydrogen) atoms. The summed E-state index contributed by atoms with van der Waals surface area (Å²) in [4.78, 5) is 4.42. The van der Waals surface area contributed by atoms with Crippen LogP contribution in [0.15, 0.2) is 54.7 Å². The Labute approximate surface area is 128 Å². The Hall–Kier alpha value is -2.26. The van der Waals surface area contributed by atoms with Crippen LogP contribution in [0.2, 0.25) is 5.02 Å². The van der Waals surface area contributed by atoms with Crippen LogP contribution < -0.4 is 10.1 Å². The van der Waals surface area contributed by atoms with Crippen LogP contribution in [0, 0.1) is 0 Å². The molecule has 4 heteroatoms. The van der Waals surface area contributed by atoms with Crippen molar-refractivity contribution in [2.45, 2.75) is 6.54 Å². The maximum Gasteiger partial charge on any atom is 0.118 e. The number of nitrogens with zero attached hydrogens (tertiary/aromatic N) is 1. The maximum absolute atomic E-state index is 6.16. The zero-order valence-corrected chi connectivity index (χ0v) is 12.4. The molecule has 3 aromatic rings. The second-order valence-corrected chi connectivity index (χ2v) is 5.17. The van der Waals surface area contributed by atoms with Crippen molar-refractivity contribution in [3.8, 4) is 5.75 Å². The molecule has 0 unspecified atom stereocenters. The number of ether oxygens (including phenoxy) is 1. The van der Waals surface area contributed by atoms with Crippen molar-refractivity contribution in [1.82, 2.24) is 4.98 Å². The second kappa shape index (κ2) is 6.02. The Bertz CT molecular complexity index is 756. The molecule has 3 nitrogen and oxygen atoms in total. The monoisotopic (exact) mass is 298 g/mol. The highest BCUT2D eigenvalue weighted by Crippen LogP contribution is 2.26. The fourth-order valence-corrected chi connectivity index (χ4v) is 2.46. The van der Waals surface area contributed by atoms with E-state index in [9.17, 15) is 0 Å². The molecule has 0 saturated carbocycles. The molecule has 0 spiro atoms. The zero-order valence-electron chi connectivity index (χ0n) is 11.6. The van der Waals surface area contributed by atoms with Crippen LogP contribution in [-0.4, -0.2) is 12.1 Å². The molecule has 0 aliphatic rings. The van der Waals surface area contributed by atoms with Gasteiger partial charge in [-0.1, -0.05) is 29.8 Å². The van der Waals surface area contributed by atoms with E-state index in [2.05, 4.69) is 10.3 Å². The predicted molar refractivity (Wildman–Crippen MR) is 87.1 cm³/mol. The third-order valence-electron chi connectivity index (χ3n) is 3.31. The highest BCUT2D eigenvalue weighted by molar-refractivity contribution is 6.31. The summed E-state index contributed by atoms with van der Waals surface area (Å²) in [5.41, 5.74) is 3.03. The summed E-state index contributed by atoms with van der Waals surface area (Å²) in [6, 6.07) is 15.7. The SMILES string of the molecule is COc1ccc(CNc2cc(Cl)cc3cccnc23)cc1. The first-order chi connectivity index (χ1) is 10.3. The number of rotatable bonds is 4. The third-order valence-corrected chi connectivity index (χ3v) is 3.53. The van der Waals surface area contributed by atoms with Crippen molar-refractivity contribution < 1.29 is 4.74 Å². The highest BCUT2D eigenvalue weighted by Gasteiger charge is 2.04. The van der Waals surface area contributed by atoms with Gasteiger partial charge in [0.15, 0.2) is 0 Å². The molecule has 106 valence electrons. The van der Waals surface area contributed by atoms with Gasteiger partial charge in [-0.25, -0.2) is 0 Å². The average molecular weight is 299 g/mol. The molecule has 0 bridgehead atoms. The first kappa shape index (κ1) is 13.7. The predicted octanol–water partition coefficient (Wildman–Crippen LogP) is 4.51. The molecule has 0 aliphatic heterocycles. The van der Waals surface area contributed by atoms with Crippen molar-refractivity contribution in [2.24, 2.45) is 0 Å². The van der Waals surface area contributed by atoms with Gasteiger partial charge in [-0.2, -0.15) is 0 Å². The molecular formula is C17H15ClN2O. The first-order valence-corrected chi connectivity index (χ1v) is 7.05. The lowest BCUT2D eigenvalue weighted by Gasteiger charge is -2.10. The largest absolute Gasteiger partial charge is 0.497 e. The molecule has 0 atom stereocenters. The minimum Gasteiger partial charge on any atom is -0.497 e. The lowest BCUT2D eigenvalue weighted by atomic mass is 10.1. The van der Waals surface area contributed by atoms with Crippen LogP contribution in [0.4, 0.5) is 5.69 Å². The molecule has 1 heterocycles. The molecule has 0 aliphatic carbocycles. The molecule has 1 N–H and O–H groups in total. The Morgan fingerprint density at radius 1 is 1.14 bits per heavy atom. The Morgan fingerprint density at radius 3 is 2.71 bits per heavy atom. The van der Waals surface area contributed by atoms with E-state index < -0.39 is 0 Å². The molecule has 3 rings (SSSR count). The van der Waals surface area contributed by atoms with Gasteiger partial charge in [0.25, 0.3) is 0 Å². The van der Waals surface area contributed by atoms with Gasteiger partial charge in [0, 0.05) is 23.2 Å². The highest BCUT2D eigenvalue weighted by atomic mass is 35.5. The van der Waals surface area contributed by atoms with E-state index in [1.54, 1.807) is 13.3 Å². The van der Waals surface area contributed by atoms with E-state index in [4.69, 9.17) is 16.3 Å². The van der Waals surface area contributed by atoms with E-state index in [1.165, 1.54) is 5.56 Å². The number of hydrogen-bond acceptors (Lipinski definition) is 3. The molecular weight excluding hydrogens is 284 g/mol. The number of hydrogen-bond donors (Lipinski definition) is 1. The Morgan fingerprint density at radius 2 is 1.95 bits per heavy atom. The molecule has 0 fully saturated rings. The molecule has 1 aromatic heterocycles. The van der Waals surface area contributed by atoms with Crippen LogP contribution in [-0.2, 0) is 6.54 Å². The van der Waals surface area contributed by atoms with Gasteiger partial charge in [0.1, 0.15) is 5.75 Å². The molecule has 0 amide bonds. The van der Waals surface area contributed by atoms with Gasteiger partial charge in [-0.3, -0.25) is 4.98 Å². The van der Waals surface area contributed by atoms with Crippen LogP contribution in [0.1, 0.15) is 5.56 Å². The van der Waals surface area contributed by atoms with Crippen LogP contribution in [0.3, 0.4) is 0 Å². The van der Waals surface area contributed by atoms with E-state index in [0.29, 0.717) is 11.6 Å². The molecule has 0 radical (unpaired) electrons. The summed E-state index contributed by atoms with van der Waals surface area (Å²) in [5.74, 6) is 0.855. The second-order valence-electron chi connectivity index (χ2n) is 4.73. The molecule has 0 saturated heterocycles. The van der Waals surface area contributed by atoms with E-state index in [1.807, 2.05) is 48.5 Å². The first-order valence-electron chi connectivity index (χ1n) is 6.67. The van der Waals surface area contributed by atoms with Crippen LogP contribution in [0.5, 0.6) is 5.75 Å². The number of pyridine rings is 1. The number of benzene rings is 2. The number of aromatic nitrogens is 1. The average Bonchev–Trinajstić information content (AvgIpc) is 2.53. The quantitative estimate of drug-likeness (QED) is 0.769. The van der Waals surface area contributed by atoms with Gasteiger partial charge in [-0.05, 0) is 35.9 Å². The number of nitrogens with one attached hydrogen (secondary N) is 1. The van der Waals surface area contributed by atoms with Crippen molar-refractivity contribution in [1.29, 1.82) is 0 Å². The van der Waals surface area contributed by atoms with Crippen molar-refractivity contribution >= 4 is 28.2 Å². The fraction of sp³-hybridized carbons (Fsp3) is 0.118. The van der Waals surface area contributed by atoms with E-state index in [0.717, 1.165) is 22.3 Å². The summed E-state index contributed by atoms with van der Waals surface area (Å²) in [7, 11) is 1.66. The lowest BCUT2D eigenvalue weighted by molar-refractivity contribution is 0.414. The van der Waals surface area contributed by atoms with Gasteiger partial charge in [-0.15, -0.1) is 0 Å². The van der Waals surface area contributed by atoms with E-state index >= 15 is 0 Å². The Kier molecular flexibility index (Phi) is 3.93. The topological polar surface area (TPSA) is 34.1 Å². The lowest BCUT2D eigenvalue weighted by Crippen LogP contribution is -2.00. The van der Waals surface area contributed by atoms with Gasteiger partial charge < -0.3 is 10.1 Å². The van der Waals surface area contributed by atoms with Crippen molar-refractivity contribution in [2.75, 3.05) is 12.4 Å². The minimum absolute atomic E-state index is 0.702.